The molecule has 0 atom stereocenters. The lowest BCUT2D eigenvalue weighted by Crippen LogP contribution is -2.02. The first-order valence-corrected chi connectivity index (χ1v) is 2.71. The van der Waals surface area contributed by atoms with Gasteiger partial charge in [0, 0.05) is 6.08 Å². The van der Waals surface area contributed by atoms with E-state index in [1.807, 2.05) is 0 Å². The lowest BCUT2D eigenvalue weighted by Gasteiger charge is -1.94. The average Bonchev–Trinajstić information content (AvgIpc) is 1.80. The van der Waals surface area contributed by atoms with Gasteiger partial charge in [-0.1, -0.05) is 11.6 Å². The topological polar surface area (TPSA) is 34.1 Å². The molecule has 0 heterocycles. The van der Waals surface area contributed by atoms with Crippen LogP contribution in [0.5, 0.6) is 0 Å². The fourth-order valence-corrected chi connectivity index (χ4v) is 0.652. The second kappa shape index (κ2) is 3.54. The van der Waals surface area contributed by atoms with E-state index in [4.69, 9.17) is 11.6 Å². The molecule has 10 heavy (non-hydrogen) atoms. The van der Waals surface area contributed by atoms with Crippen molar-refractivity contribution in [2.45, 2.75) is 0 Å². The van der Waals surface area contributed by atoms with Crippen LogP contribution in [-0.4, -0.2) is 11.6 Å². The summed E-state index contributed by atoms with van der Waals surface area (Å²) in [5.74, 6) is -0.545. The summed E-state index contributed by atoms with van der Waals surface area (Å²) in [5, 5.41) is -0.0116. The van der Waals surface area contributed by atoms with Gasteiger partial charge in [0.15, 0.2) is 11.6 Å². The Kier molecular flexibility index (Phi) is 3.33. The van der Waals surface area contributed by atoms with Gasteiger partial charge in [0.25, 0.3) is 0 Å². The van der Waals surface area contributed by atoms with E-state index in [1.54, 1.807) is 0 Å². The van der Waals surface area contributed by atoms with Gasteiger partial charge in [-0.2, -0.15) is 0 Å². The van der Waals surface area contributed by atoms with Gasteiger partial charge in [-0.3, -0.25) is 9.59 Å². The molecule has 0 aromatic carbocycles. The molecule has 0 amide bonds. The highest BCUT2D eigenvalue weighted by atomic mass is 35.5. The quantitative estimate of drug-likeness (QED) is 0.524. The van der Waals surface area contributed by atoms with Crippen molar-refractivity contribution in [1.82, 2.24) is 0 Å². The molecule has 2 nitrogen and oxygen atoms in total. The summed E-state index contributed by atoms with van der Waals surface area (Å²) in [6.07, 6.45) is 3.45. The van der Waals surface area contributed by atoms with Crippen molar-refractivity contribution < 1.29 is 9.59 Å². The van der Waals surface area contributed by atoms with Gasteiger partial charge in [0.1, 0.15) is 0 Å². The predicted molar refractivity (Wildman–Crippen MR) is 40.3 cm³/mol. The molecule has 0 N–H and O–H groups in total. The molecule has 0 aromatic rings. The summed E-state index contributed by atoms with van der Waals surface area (Å²) >= 11 is 5.30. The number of allylic oxidation sites excluding steroid dienone is 4. The van der Waals surface area contributed by atoms with Crippen molar-refractivity contribution in [2.75, 3.05) is 0 Å². The second-order valence-electron chi connectivity index (χ2n) is 1.59. The maximum Gasteiger partial charge on any atom is 0.197 e. The van der Waals surface area contributed by atoms with E-state index < -0.39 is 0 Å². The third kappa shape index (κ3) is 1.97. The Balaban J connectivity index is 0.000000810. The van der Waals surface area contributed by atoms with Crippen LogP contribution in [0.2, 0.25) is 0 Å². The van der Waals surface area contributed by atoms with Crippen LogP contribution in [0.25, 0.3) is 0 Å². The van der Waals surface area contributed by atoms with Crippen LogP contribution in [0, 0.1) is 0 Å². The molecular formula is C6H4Cl2O2. The zero-order valence-electron chi connectivity index (χ0n) is 4.83. The van der Waals surface area contributed by atoms with Gasteiger partial charge in [0.05, 0.1) is 5.03 Å². The Morgan fingerprint density at radius 3 is 2.20 bits per heavy atom. The number of hydrogen-bond acceptors (Lipinski definition) is 2. The standard InChI is InChI=1S/C6H3ClO2.ClH/c7-5-3-4(8)1-2-6(5)9;/h1-3H;1H. The van der Waals surface area contributed by atoms with Gasteiger partial charge >= 0.3 is 0 Å². The molecule has 0 saturated heterocycles. The van der Waals surface area contributed by atoms with Crippen LogP contribution < -0.4 is 0 Å². The van der Waals surface area contributed by atoms with Crippen molar-refractivity contribution in [3.8, 4) is 0 Å². The third-order valence-corrected chi connectivity index (χ3v) is 1.20. The number of ketones is 2. The van der Waals surface area contributed by atoms with Crippen molar-refractivity contribution in [2.24, 2.45) is 0 Å². The van der Waals surface area contributed by atoms with Crippen LogP contribution in [0.1, 0.15) is 0 Å². The van der Waals surface area contributed by atoms with Gasteiger partial charge in [-0.25, -0.2) is 0 Å². The molecule has 0 bridgehead atoms. The van der Waals surface area contributed by atoms with Crippen molar-refractivity contribution in [1.29, 1.82) is 0 Å². The molecule has 54 valence electrons. The summed E-state index contributed by atoms with van der Waals surface area (Å²) in [4.78, 5) is 20.9. The van der Waals surface area contributed by atoms with Crippen LogP contribution >= 0.6 is 24.0 Å². The zero-order chi connectivity index (χ0) is 6.85. The number of carbonyl (C=O) groups excluding carboxylic acids is 2. The first-order chi connectivity index (χ1) is 4.20. The van der Waals surface area contributed by atoms with E-state index in [1.165, 1.54) is 6.08 Å². The van der Waals surface area contributed by atoms with E-state index in [9.17, 15) is 9.59 Å². The largest absolute Gasteiger partial charge is 0.290 e. The Morgan fingerprint density at radius 1 is 1.20 bits per heavy atom. The molecule has 1 aliphatic carbocycles. The van der Waals surface area contributed by atoms with E-state index in [-0.39, 0.29) is 29.0 Å². The molecule has 0 unspecified atom stereocenters. The Morgan fingerprint density at radius 2 is 1.80 bits per heavy atom. The van der Waals surface area contributed by atoms with E-state index in [0.29, 0.717) is 0 Å². The smallest absolute Gasteiger partial charge is 0.197 e. The third-order valence-electron chi connectivity index (χ3n) is 0.903. The fourth-order valence-electron chi connectivity index (χ4n) is 0.482. The summed E-state index contributed by atoms with van der Waals surface area (Å²) in [6.45, 7) is 0. The second-order valence-corrected chi connectivity index (χ2v) is 2.00. The minimum atomic E-state index is -0.309. The first kappa shape index (κ1) is 9.40. The number of carbonyl (C=O) groups is 2. The number of rotatable bonds is 0. The molecule has 0 radical (unpaired) electrons. The minimum Gasteiger partial charge on any atom is -0.290 e. The van der Waals surface area contributed by atoms with Crippen molar-refractivity contribution in [3.05, 3.63) is 23.3 Å². The first-order valence-electron chi connectivity index (χ1n) is 2.34. The molecule has 0 aliphatic heterocycles. The lowest BCUT2D eigenvalue weighted by molar-refractivity contribution is -0.114. The van der Waals surface area contributed by atoms with Gasteiger partial charge in [0.2, 0.25) is 0 Å². The average molecular weight is 179 g/mol. The molecule has 1 rings (SSSR count). The fraction of sp³-hybridized carbons (Fsp3) is 0. The zero-order valence-corrected chi connectivity index (χ0v) is 6.41. The summed E-state index contributed by atoms with van der Waals surface area (Å²) in [5.41, 5.74) is 0. The molecule has 1 aliphatic rings. The molecule has 0 fully saturated rings. The van der Waals surface area contributed by atoms with Crippen LogP contribution in [0.4, 0.5) is 0 Å². The molecule has 4 heteroatoms. The summed E-state index contributed by atoms with van der Waals surface area (Å²) in [7, 11) is 0. The van der Waals surface area contributed by atoms with Gasteiger partial charge in [-0.15, -0.1) is 12.4 Å². The maximum absolute atomic E-state index is 10.5. The lowest BCUT2D eigenvalue weighted by atomic mass is 10.2. The molecule has 0 saturated carbocycles. The van der Waals surface area contributed by atoms with Gasteiger partial charge in [-0.05, 0) is 12.2 Å². The van der Waals surface area contributed by atoms with Crippen LogP contribution in [0.3, 0.4) is 0 Å². The highest BCUT2D eigenvalue weighted by Crippen LogP contribution is 2.08. The van der Waals surface area contributed by atoms with E-state index in [2.05, 4.69) is 0 Å². The maximum atomic E-state index is 10.5. The van der Waals surface area contributed by atoms with Crippen LogP contribution in [0.15, 0.2) is 23.3 Å². The van der Waals surface area contributed by atoms with Gasteiger partial charge < -0.3 is 0 Å². The minimum absolute atomic E-state index is 0. The predicted octanol–water partition coefficient (Wildman–Crippen LogP) is 1.24. The Hall–Kier alpha value is -0.600. The Labute approximate surface area is 69.0 Å². The van der Waals surface area contributed by atoms with Crippen molar-refractivity contribution >= 4 is 35.6 Å². The number of hydrogen-bond donors (Lipinski definition) is 0. The van der Waals surface area contributed by atoms with Crippen LogP contribution in [-0.2, 0) is 9.59 Å². The molecule has 0 aromatic heterocycles. The monoisotopic (exact) mass is 178 g/mol. The summed E-state index contributed by atoms with van der Waals surface area (Å²) in [6, 6.07) is 0. The van der Waals surface area contributed by atoms with E-state index >= 15 is 0 Å². The molecular weight excluding hydrogens is 175 g/mol. The Bertz CT molecular complexity index is 228. The number of halogens is 2. The normalized spacial score (nSPS) is 16.3. The SMILES string of the molecule is Cl.O=C1C=CC(=O)C(Cl)=C1. The highest BCUT2D eigenvalue weighted by molar-refractivity contribution is 6.47. The highest BCUT2D eigenvalue weighted by Gasteiger charge is 2.08. The molecule has 0 spiro atoms. The van der Waals surface area contributed by atoms with Crippen molar-refractivity contribution in [3.63, 3.8) is 0 Å². The summed E-state index contributed by atoms with van der Waals surface area (Å²) < 4.78 is 0. The van der Waals surface area contributed by atoms with E-state index in [0.717, 1.165) is 12.2 Å².